The molecule has 0 saturated carbocycles. The lowest BCUT2D eigenvalue weighted by atomic mass is 9.94. The van der Waals surface area contributed by atoms with Crippen LogP contribution in [0.3, 0.4) is 0 Å². The van der Waals surface area contributed by atoms with Crippen molar-refractivity contribution in [2.45, 2.75) is 52.3 Å². The maximum atomic E-state index is 13.2. The molecule has 0 heterocycles. The van der Waals surface area contributed by atoms with E-state index in [-0.39, 0.29) is 23.2 Å². The minimum absolute atomic E-state index is 0.140. The van der Waals surface area contributed by atoms with Crippen LogP contribution in [0.5, 0.6) is 0 Å². The van der Waals surface area contributed by atoms with Crippen LogP contribution in [0.1, 0.15) is 56.1 Å². The monoisotopic (exact) mass is 482 g/mol. The van der Waals surface area contributed by atoms with Gasteiger partial charge in [0.1, 0.15) is 12.1 Å². The van der Waals surface area contributed by atoms with Crippen molar-refractivity contribution in [3.63, 3.8) is 0 Å². The van der Waals surface area contributed by atoms with Crippen LogP contribution in [0.2, 0.25) is 5.02 Å². The second kappa shape index (κ2) is 11.0. The molecule has 3 N–H and O–H groups in total. The standard InChI is InChI=1S/C27H31ClN2O4/c1-15(2)14-20(29-26(33)18-10-12-19(28)13-11-18)27(34)30-23(16(3)4)25(32)22-21(24(22)31)17-8-6-5-7-9-17/h5-13,15-16,20,23,25,32H,14H2,1-4H3,(H,29,33)(H,30,34)/t20-,23-,25-/m0/s1. The predicted octanol–water partition coefficient (Wildman–Crippen LogP) is 4.26. The number of aliphatic hydroxyl groups is 1. The Balaban J connectivity index is 1.76. The lowest BCUT2D eigenvalue weighted by Crippen LogP contribution is -2.52. The lowest BCUT2D eigenvalue weighted by molar-refractivity contribution is -0.125. The topological polar surface area (TPSA) is 95.5 Å². The highest BCUT2D eigenvalue weighted by Gasteiger charge is 2.37. The third-order valence-corrected chi connectivity index (χ3v) is 6.09. The van der Waals surface area contributed by atoms with Crippen LogP contribution in [-0.2, 0) is 4.79 Å². The molecular weight excluding hydrogens is 452 g/mol. The number of benzene rings is 2. The number of rotatable bonds is 10. The molecule has 180 valence electrons. The van der Waals surface area contributed by atoms with Crippen LogP contribution >= 0.6 is 11.6 Å². The van der Waals surface area contributed by atoms with Crippen molar-refractivity contribution in [3.05, 3.63) is 81.0 Å². The molecule has 0 saturated heterocycles. The molecule has 3 aromatic carbocycles. The van der Waals surface area contributed by atoms with E-state index in [9.17, 15) is 19.5 Å². The summed E-state index contributed by atoms with van der Waals surface area (Å²) in [6.07, 6.45) is -0.721. The molecule has 3 aromatic rings. The summed E-state index contributed by atoms with van der Waals surface area (Å²) in [6, 6.07) is 14.1. The fraction of sp³-hybridized carbons (Fsp3) is 0.370. The van der Waals surface area contributed by atoms with Gasteiger partial charge >= 0.3 is 0 Å². The number of carbonyl (C=O) groups excluding carboxylic acids is 2. The highest BCUT2D eigenvalue weighted by Crippen LogP contribution is 2.33. The molecule has 0 aliphatic heterocycles. The molecule has 0 aliphatic rings. The Labute approximate surface area is 205 Å². The maximum absolute atomic E-state index is 13.2. The van der Waals surface area contributed by atoms with Crippen LogP contribution in [0.4, 0.5) is 0 Å². The van der Waals surface area contributed by atoms with Gasteiger partial charge in [-0.2, -0.15) is 0 Å². The molecule has 7 heteroatoms. The van der Waals surface area contributed by atoms with Crippen molar-refractivity contribution in [1.82, 2.24) is 10.6 Å². The quantitative estimate of drug-likeness (QED) is 0.402. The SMILES string of the molecule is CC(C)C[C@H](NC(=O)c1ccc(Cl)cc1)C(=O)N[C@@H](C(C)C)[C@@H](O)c1c(-c2ccccc2)c1=O. The van der Waals surface area contributed by atoms with Gasteiger partial charge in [-0.3, -0.25) is 14.4 Å². The third kappa shape index (κ3) is 6.13. The van der Waals surface area contributed by atoms with Gasteiger partial charge in [0.05, 0.1) is 6.04 Å². The van der Waals surface area contributed by atoms with Gasteiger partial charge in [0.15, 0.2) is 5.43 Å². The van der Waals surface area contributed by atoms with Gasteiger partial charge in [-0.05, 0) is 48.1 Å². The number of amides is 2. The maximum Gasteiger partial charge on any atom is 0.251 e. The first-order valence-corrected chi connectivity index (χ1v) is 11.9. The minimum atomic E-state index is -1.14. The molecule has 3 atom stereocenters. The largest absolute Gasteiger partial charge is 0.386 e. The predicted molar refractivity (Wildman–Crippen MR) is 134 cm³/mol. The van der Waals surface area contributed by atoms with Gasteiger partial charge in [-0.1, -0.05) is 69.6 Å². The van der Waals surface area contributed by atoms with Crippen LogP contribution in [0.15, 0.2) is 59.4 Å². The van der Waals surface area contributed by atoms with E-state index in [2.05, 4.69) is 10.6 Å². The Morgan fingerprint density at radius 3 is 2.12 bits per heavy atom. The fourth-order valence-corrected chi connectivity index (χ4v) is 4.08. The van der Waals surface area contributed by atoms with Gasteiger partial charge in [-0.25, -0.2) is 0 Å². The minimum Gasteiger partial charge on any atom is -0.386 e. The van der Waals surface area contributed by atoms with Gasteiger partial charge < -0.3 is 15.7 Å². The van der Waals surface area contributed by atoms with Gasteiger partial charge in [0.25, 0.3) is 5.91 Å². The summed E-state index contributed by atoms with van der Waals surface area (Å²) in [4.78, 5) is 38.4. The zero-order chi connectivity index (χ0) is 25.0. The average Bonchev–Trinajstić information content (AvgIpc) is 3.47. The summed E-state index contributed by atoms with van der Waals surface area (Å²) < 4.78 is 0. The van der Waals surface area contributed by atoms with E-state index < -0.39 is 24.1 Å². The van der Waals surface area contributed by atoms with E-state index >= 15 is 0 Å². The van der Waals surface area contributed by atoms with Crippen molar-refractivity contribution >= 4 is 23.4 Å². The molecule has 2 amide bonds. The van der Waals surface area contributed by atoms with E-state index in [1.165, 1.54) is 0 Å². The molecule has 0 fully saturated rings. The molecule has 3 rings (SSSR count). The van der Waals surface area contributed by atoms with Crippen molar-refractivity contribution in [1.29, 1.82) is 0 Å². The number of carbonyl (C=O) groups is 2. The molecular formula is C27H31ClN2O4. The molecule has 0 bridgehead atoms. The van der Waals surface area contributed by atoms with Crippen molar-refractivity contribution < 1.29 is 14.7 Å². The number of hydrogen-bond acceptors (Lipinski definition) is 4. The van der Waals surface area contributed by atoms with E-state index in [0.717, 1.165) is 5.56 Å². The first-order valence-electron chi connectivity index (χ1n) is 11.5. The van der Waals surface area contributed by atoms with Crippen LogP contribution in [0, 0.1) is 11.8 Å². The molecule has 0 aliphatic carbocycles. The van der Waals surface area contributed by atoms with Crippen LogP contribution < -0.4 is 16.1 Å². The first kappa shape index (κ1) is 25.7. The number of aliphatic hydroxyl groups excluding tert-OH is 1. The van der Waals surface area contributed by atoms with Crippen molar-refractivity contribution in [3.8, 4) is 11.1 Å². The zero-order valence-electron chi connectivity index (χ0n) is 19.8. The molecule has 0 spiro atoms. The number of halogens is 1. The second-order valence-electron chi connectivity index (χ2n) is 9.37. The average molecular weight is 483 g/mol. The summed E-state index contributed by atoms with van der Waals surface area (Å²) in [6.45, 7) is 7.66. The van der Waals surface area contributed by atoms with Gasteiger partial charge in [0, 0.05) is 21.7 Å². The Hall–Kier alpha value is -2.96. The Morgan fingerprint density at radius 2 is 1.56 bits per heavy atom. The Morgan fingerprint density at radius 1 is 0.941 bits per heavy atom. The molecule has 6 nitrogen and oxygen atoms in total. The van der Waals surface area contributed by atoms with E-state index in [0.29, 0.717) is 28.1 Å². The van der Waals surface area contributed by atoms with Crippen molar-refractivity contribution in [2.24, 2.45) is 11.8 Å². The smallest absolute Gasteiger partial charge is 0.251 e. The van der Waals surface area contributed by atoms with Crippen molar-refractivity contribution in [2.75, 3.05) is 0 Å². The van der Waals surface area contributed by atoms with Crippen LogP contribution in [-0.4, -0.2) is 29.0 Å². The highest BCUT2D eigenvalue weighted by molar-refractivity contribution is 6.30. The molecule has 0 radical (unpaired) electrons. The lowest BCUT2D eigenvalue weighted by Gasteiger charge is -2.29. The number of nitrogens with one attached hydrogen (secondary N) is 2. The second-order valence-corrected chi connectivity index (χ2v) is 9.81. The summed E-state index contributed by atoms with van der Waals surface area (Å²) >= 11 is 5.90. The summed E-state index contributed by atoms with van der Waals surface area (Å²) in [5.41, 5.74) is 1.79. The van der Waals surface area contributed by atoms with E-state index in [1.54, 1.807) is 24.3 Å². The van der Waals surface area contributed by atoms with Crippen LogP contribution in [0.25, 0.3) is 11.1 Å². The zero-order valence-corrected chi connectivity index (χ0v) is 20.6. The summed E-state index contributed by atoms with van der Waals surface area (Å²) in [7, 11) is 0. The normalized spacial score (nSPS) is 14.2. The van der Waals surface area contributed by atoms with E-state index in [1.807, 2.05) is 58.0 Å². The molecule has 34 heavy (non-hydrogen) atoms. The van der Waals surface area contributed by atoms with E-state index in [4.69, 9.17) is 11.6 Å². The Kier molecular flexibility index (Phi) is 8.28. The molecule has 0 aromatic heterocycles. The fourth-order valence-electron chi connectivity index (χ4n) is 3.96. The third-order valence-electron chi connectivity index (χ3n) is 5.84. The Bertz CT molecular complexity index is 1130. The summed E-state index contributed by atoms with van der Waals surface area (Å²) in [5.74, 6) is -0.793. The first-order chi connectivity index (χ1) is 16.1. The number of hydrogen-bond donors (Lipinski definition) is 3. The molecule has 0 unspecified atom stereocenters. The van der Waals surface area contributed by atoms with Gasteiger partial charge in [0.2, 0.25) is 5.91 Å². The van der Waals surface area contributed by atoms with Gasteiger partial charge in [-0.15, -0.1) is 0 Å². The highest BCUT2D eigenvalue weighted by atomic mass is 35.5. The summed E-state index contributed by atoms with van der Waals surface area (Å²) in [5, 5.41) is 17.2.